The Bertz CT molecular complexity index is 883. The fourth-order valence-electron chi connectivity index (χ4n) is 2.63. The largest absolute Gasteiger partial charge is 0.494 e. The van der Waals surface area contributed by atoms with E-state index in [-0.39, 0.29) is 12.6 Å². The first kappa shape index (κ1) is 17.9. The van der Waals surface area contributed by atoms with Crippen molar-refractivity contribution in [2.45, 2.75) is 19.4 Å². The molecule has 0 aliphatic heterocycles. The molecule has 5 heteroatoms. The topological polar surface area (TPSA) is 51.2 Å². The number of carbonyl (C=O) groups is 1. The molecule has 1 heterocycles. The minimum absolute atomic E-state index is 0.134. The summed E-state index contributed by atoms with van der Waals surface area (Å²) in [6.07, 6.45) is 2.93. The van der Waals surface area contributed by atoms with Gasteiger partial charge in [-0.25, -0.2) is 0 Å². The van der Waals surface area contributed by atoms with Gasteiger partial charge >= 0.3 is 0 Å². The van der Waals surface area contributed by atoms with E-state index in [1.54, 1.807) is 12.3 Å². The first-order chi connectivity index (χ1) is 12.8. The molecule has 134 valence electrons. The van der Waals surface area contributed by atoms with Crippen molar-refractivity contribution in [3.63, 3.8) is 0 Å². The molecule has 0 bridgehead atoms. The van der Waals surface area contributed by atoms with Crippen LogP contribution in [0.2, 0.25) is 0 Å². The Balaban J connectivity index is 1.58. The number of aromatic nitrogens is 1. The van der Waals surface area contributed by atoms with Gasteiger partial charge in [-0.3, -0.25) is 14.2 Å². The molecule has 2 aromatic carbocycles. The van der Waals surface area contributed by atoms with Crippen molar-refractivity contribution in [3.05, 3.63) is 71.9 Å². The maximum Gasteiger partial charge on any atom is 0.251 e. The summed E-state index contributed by atoms with van der Waals surface area (Å²) in [7, 11) is 0. The summed E-state index contributed by atoms with van der Waals surface area (Å²) in [4.78, 5) is 16.6. The summed E-state index contributed by atoms with van der Waals surface area (Å²) in [5.41, 5.74) is 2.41. The minimum Gasteiger partial charge on any atom is -0.494 e. The molecular weight excluding hydrogens is 331 g/mol. The molecule has 0 unspecified atom stereocenters. The number of halogens is 1. The lowest BCUT2D eigenvalue weighted by Gasteiger charge is -2.09. The van der Waals surface area contributed by atoms with E-state index in [9.17, 15) is 9.18 Å². The molecule has 0 atom stereocenters. The Hall–Kier alpha value is -2.95. The van der Waals surface area contributed by atoms with E-state index in [2.05, 4.69) is 10.3 Å². The summed E-state index contributed by atoms with van der Waals surface area (Å²) < 4.78 is 17.7. The summed E-state index contributed by atoms with van der Waals surface area (Å²) in [6.45, 7) is 0.580. The predicted molar refractivity (Wildman–Crippen MR) is 100 cm³/mol. The van der Waals surface area contributed by atoms with Crippen molar-refractivity contribution in [1.82, 2.24) is 10.3 Å². The lowest BCUT2D eigenvalue weighted by atomic mass is 10.1. The molecule has 0 saturated carbocycles. The second kappa shape index (κ2) is 8.94. The van der Waals surface area contributed by atoms with Gasteiger partial charge in [-0.1, -0.05) is 18.2 Å². The van der Waals surface area contributed by atoms with Gasteiger partial charge in [0.05, 0.1) is 18.8 Å². The van der Waals surface area contributed by atoms with Gasteiger partial charge in [0.1, 0.15) is 5.75 Å². The maximum atomic E-state index is 12.4. The maximum absolute atomic E-state index is 12.4. The van der Waals surface area contributed by atoms with Crippen molar-refractivity contribution in [2.75, 3.05) is 13.3 Å². The first-order valence-electron chi connectivity index (χ1n) is 8.67. The van der Waals surface area contributed by atoms with Crippen molar-refractivity contribution in [3.8, 4) is 5.75 Å². The fourth-order valence-corrected chi connectivity index (χ4v) is 2.63. The van der Waals surface area contributed by atoms with Gasteiger partial charge in [0.2, 0.25) is 0 Å². The van der Waals surface area contributed by atoms with Gasteiger partial charge in [0, 0.05) is 23.7 Å². The van der Waals surface area contributed by atoms with Crippen molar-refractivity contribution < 1.29 is 13.9 Å². The van der Waals surface area contributed by atoms with Crippen LogP contribution in [0.15, 0.2) is 60.8 Å². The molecule has 26 heavy (non-hydrogen) atoms. The van der Waals surface area contributed by atoms with Crippen molar-refractivity contribution in [1.29, 1.82) is 0 Å². The average Bonchev–Trinajstić information content (AvgIpc) is 2.69. The van der Waals surface area contributed by atoms with Crippen LogP contribution in [0.5, 0.6) is 5.75 Å². The van der Waals surface area contributed by atoms with Crippen LogP contribution < -0.4 is 10.1 Å². The van der Waals surface area contributed by atoms with Gasteiger partial charge in [-0.15, -0.1) is 0 Å². The molecule has 0 spiro atoms. The number of ether oxygens (including phenoxy) is 1. The zero-order valence-electron chi connectivity index (χ0n) is 14.5. The molecule has 3 aromatic rings. The van der Waals surface area contributed by atoms with Gasteiger partial charge < -0.3 is 10.1 Å². The first-order valence-corrected chi connectivity index (χ1v) is 8.67. The Morgan fingerprint density at radius 3 is 2.88 bits per heavy atom. The van der Waals surface area contributed by atoms with Crippen LogP contribution in [0.1, 0.15) is 28.8 Å². The molecule has 0 aliphatic rings. The van der Waals surface area contributed by atoms with E-state index in [1.165, 1.54) is 0 Å². The third-order valence-electron chi connectivity index (χ3n) is 4.01. The average molecular weight is 352 g/mol. The van der Waals surface area contributed by atoms with E-state index < -0.39 is 0 Å². The number of nitrogens with one attached hydrogen (secondary N) is 1. The monoisotopic (exact) mass is 352 g/mol. The van der Waals surface area contributed by atoms with E-state index in [0.29, 0.717) is 31.6 Å². The number of fused-ring (bicyclic) bond motifs is 1. The Morgan fingerprint density at radius 1 is 1.08 bits per heavy atom. The Labute approximate surface area is 152 Å². The van der Waals surface area contributed by atoms with Gasteiger partial charge in [0.25, 0.3) is 5.91 Å². The number of benzene rings is 2. The second-order valence-electron chi connectivity index (χ2n) is 5.99. The number of hydrogen-bond acceptors (Lipinski definition) is 3. The zero-order chi connectivity index (χ0) is 18.2. The van der Waals surface area contributed by atoms with Crippen molar-refractivity contribution >= 4 is 16.8 Å². The number of carbonyl (C=O) groups excluding carboxylic acids is 1. The second-order valence-corrected chi connectivity index (χ2v) is 5.99. The zero-order valence-corrected chi connectivity index (χ0v) is 14.5. The Morgan fingerprint density at radius 2 is 2.00 bits per heavy atom. The molecule has 3 rings (SSSR count). The summed E-state index contributed by atoms with van der Waals surface area (Å²) in [5, 5.41) is 3.85. The van der Waals surface area contributed by atoms with E-state index >= 15 is 0 Å². The number of hydrogen-bond donors (Lipinski definition) is 1. The number of nitrogens with zero attached hydrogens (tertiary/aromatic N) is 1. The summed E-state index contributed by atoms with van der Waals surface area (Å²) in [6, 6.07) is 16.8. The highest BCUT2D eigenvalue weighted by Crippen LogP contribution is 2.15. The predicted octanol–water partition coefficient (Wildman–Crippen LogP) is 4.29. The molecular formula is C21H21FN2O2. The van der Waals surface area contributed by atoms with Crippen LogP contribution in [0.4, 0.5) is 4.39 Å². The van der Waals surface area contributed by atoms with Gasteiger partial charge in [-0.05, 0) is 54.8 Å². The van der Waals surface area contributed by atoms with Crippen LogP contribution >= 0.6 is 0 Å². The molecule has 0 aliphatic carbocycles. The quantitative estimate of drug-likeness (QED) is 0.615. The fraction of sp³-hybridized carbons (Fsp3) is 0.238. The van der Waals surface area contributed by atoms with Crippen molar-refractivity contribution in [2.24, 2.45) is 0 Å². The highest BCUT2D eigenvalue weighted by molar-refractivity contribution is 5.97. The lowest BCUT2D eigenvalue weighted by Crippen LogP contribution is -2.22. The highest BCUT2D eigenvalue weighted by atomic mass is 19.1. The molecule has 1 aromatic heterocycles. The number of amides is 1. The SMILES string of the molecule is O=C(NCc1cccc(OCCCCF)c1)c1ccc2ncccc2c1. The third kappa shape index (κ3) is 4.79. The van der Waals surface area contributed by atoms with Crippen LogP contribution in [0.3, 0.4) is 0 Å². The van der Waals surface area contributed by atoms with Gasteiger partial charge in [-0.2, -0.15) is 0 Å². The van der Waals surface area contributed by atoms with E-state index in [4.69, 9.17) is 4.74 Å². The van der Waals surface area contributed by atoms with E-state index in [1.807, 2.05) is 48.5 Å². The number of unbranched alkanes of at least 4 members (excludes halogenated alkanes) is 1. The normalized spacial score (nSPS) is 10.7. The lowest BCUT2D eigenvalue weighted by molar-refractivity contribution is 0.0951. The molecule has 1 amide bonds. The van der Waals surface area contributed by atoms with E-state index in [0.717, 1.165) is 22.2 Å². The van der Waals surface area contributed by atoms with Crippen LogP contribution in [0, 0.1) is 0 Å². The standard InChI is InChI=1S/C21H21FN2O2/c22-10-1-2-12-26-19-7-3-5-16(13-19)15-24-21(25)18-8-9-20-17(14-18)6-4-11-23-20/h3-9,11,13-14H,1-2,10,12,15H2,(H,24,25). The highest BCUT2D eigenvalue weighted by Gasteiger charge is 2.07. The molecule has 0 radical (unpaired) electrons. The Kier molecular flexibility index (Phi) is 6.14. The smallest absolute Gasteiger partial charge is 0.251 e. The summed E-state index contributed by atoms with van der Waals surface area (Å²) in [5.74, 6) is 0.595. The molecule has 0 fully saturated rings. The molecule has 1 N–H and O–H groups in total. The molecule has 4 nitrogen and oxygen atoms in total. The van der Waals surface area contributed by atoms with Crippen LogP contribution in [-0.4, -0.2) is 24.2 Å². The number of pyridine rings is 1. The van der Waals surface area contributed by atoms with Gasteiger partial charge in [0.15, 0.2) is 0 Å². The summed E-state index contributed by atoms with van der Waals surface area (Å²) >= 11 is 0. The number of alkyl halides is 1. The third-order valence-corrected chi connectivity index (χ3v) is 4.01. The van der Waals surface area contributed by atoms with Crippen LogP contribution in [-0.2, 0) is 6.54 Å². The van der Waals surface area contributed by atoms with Crippen LogP contribution in [0.25, 0.3) is 10.9 Å². The number of rotatable bonds is 8. The molecule has 0 saturated heterocycles. The minimum atomic E-state index is -0.319.